The summed E-state index contributed by atoms with van der Waals surface area (Å²) >= 11 is 0. The summed E-state index contributed by atoms with van der Waals surface area (Å²) in [7, 11) is 1.61. The van der Waals surface area contributed by atoms with Crippen LogP contribution in [0.2, 0.25) is 0 Å². The molecular weight excluding hydrogens is 349 g/mol. The molecule has 0 bridgehead atoms. The van der Waals surface area contributed by atoms with Gasteiger partial charge in [0.1, 0.15) is 11.6 Å². The first-order valence-electron chi connectivity index (χ1n) is 8.76. The predicted octanol–water partition coefficient (Wildman–Crippen LogP) is 3.18. The van der Waals surface area contributed by atoms with Crippen LogP contribution in [0.25, 0.3) is 0 Å². The van der Waals surface area contributed by atoms with E-state index in [0.717, 1.165) is 29.8 Å². The minimum atomic E-state index is -0.485. The first-order valence-corrected chi connectivity index (χ1v) is 8.76. The van der Waals surface area contributed by atoms with Gasteiger partial charge in [-0.3, -0.25) is 9.59 Å². The molecule has 0 saturated carbocycles. The van der Waals surface area contributed by atoms with Crippen LogP contribution in [0.1, 0.15) is 18.9 Å². The van der Waals surface area contributed by atoms with Gasteiger partial charge in [-0.15, -0.1) is 0 Å². The number of anilines is 3. The van der Waals surface area contributed by atoms with Crippen LogP contribution in [0.4, 0.5) is 21.5 Å². The highest BCUT2D eigenvalue weighted by atomic mass is 19.1. The Kier molecular flexibility index (Phi) is 5.59. The lowest BCUT2D eigenvalue weighted by molar-refractivity contribution is -0.117. The Balaban J connectivity index is 1.71. The molecule has 1 aliphatic heterocycles. The van der Waals surface area contributed by atoms with Gasteiger partial charge in [0.25, 0.3) is 0 Å². The smallest absolute Gasteiger partial charge is 0.246 e. The molecule has 2 aromatic carbocycles. The molecule has 0 saturated heterocycles. The third-order valence-electron chi connectivity index (χ3n) is 4.42. The van der Waals surface area contributed by atoms with Crippen molar-refractivity contribution < 1.29 is 18.7 Å². The molecule has 2 N–H and O–H groups in total. The number of rotatable bonds is 5. The molecule has 0 aromatic heterocycles. The lowest BCUT2D eigenvalue weighted by Gasteiger charge is -2.30. The van der Waals surface area contributed by atoms with Crippen molar-refractivity contribution >= 4 is 28.9 Å². The van der Waals surface area contributed by atoms with Crippen LogP contribution >= 0.6 is 0 Å². The van der Waals surface area contributed by atoms with E-state index in [1.54, 1.807) is 12.0 Å². The molecule has 0 unspecified atom stereocenters. The lowest BCUT2D eigenvalue weighted by atomic mass is 10.0. The van der Waals surface area contributed by atoms with Gasteiger partial charge in [0.15, 0.2) is 0 Å². The Morgan fingerprint density at radius 2 is 2.04 bits per heavy atom. The third-order valence-corrected chi connectivity index (χ3v) is 4.42. The maximum absolute atomic E-state index is 14.0. The molecule has 0 spiro atoms. The molecule has 0 fully saturated rings. The second-order valence-electron chi connectivity index (χ2n) is 6.37. The van der Waals surface area contributed by atoms with Gasteiger partial charge in [-0.05, 0) is 54.8 Å². The zero-order valence-electron chi connectivity index (χ0n) is 15.3. The van der Waals surface area contributed by atoms with Crippen LogP contribution < -0.4 is 20.3 Å². The van der Waals surface area contributed by atoms with Crippen molar-refractivity contribution in [3.63, 3.8) is 0 Å². The number of nitrogens with one attached hydrogen (secondary N) is 2. The molecule has 0 radical (unpaired) electrons. The summed E-state index contributed by atoms with van der Waals surface area (Å²) in [5.74, 6) is -0.117. The van der Waals surface area contributed by atoms with E-state index in [9.17, 15) is 14.0 Å². The summed E-state index contributed by atoms with van der Waals surface area (Å²) in [6, 6.07) is 9.84. The van der Waals surface area contributed by atoms with Crippen molar-refractivity contribution in [3.8, 4) is 5.75 Å². The van der Waals surface area contributed by atoms with Gasteiger partial charge in [0, 0.05) is 24.8 Å². The van der Waals surface area contributed by atoms with Crippen molar-refractivity contribution in [2.75, 3.05) is 35.7 Å². The zero-order chi connectivity index (χ0) is 19.4. The van der Waals surface area contributed by atoms with Gasteiger partial charge in [-0.2, -0.15) is 0 Å². The fourth-order valence-corrected chi connectivity index (χ4v) is 3.17. The Morgan fingerprint density at radius 1 is 1.22 bits per heavy atom. The maximum atomic E-state index is 14.0. The van der Waals surface area contributed by atoms with E-state index in [4.69, 9.17) is 4.74 Å². The van der Waals surface area contributed by atoms with Gasteiger partial charge in [-0.25, -0.2) is 4.39 Å². The van der Waals surface area contributed by atoms with Gasteiger partial charge in [-0.1, -0.05) is 0 Å². The molecule has 1 aliphatic rings. The van der Waals surface area contributed by atoms with Crippen molar-refractivity contribution in [3.05, 3.63) is 47.8 Å². The lowest BCUT2D eigenvalue weighted by Crippen LogP contribution is -2.39. The Morgan fingerprint density at radius 3 is 2.78 bits per heavy atom. The molecule has 2 aromatic rings. The number of carbonyl (C=O) groups is 2. The number of ether oxygens (including phenoxy) is 1. The maximum Gasteiger partial charge on any atom is 0.246 e. The van der Waals surface area contributed by atoms with Crippen LogP contribution in [0.15, 0.2) is 36.4 Å². The molecule has 6 nitrogen and oxygen atoms in total. The van der Waals surface area contributed by atoms with Crippen molar-refractivity contribution in [2.24, 2.45) is 0 Å². The second-order valence-corrected chi connectivity index (χ2v) is 6.37. The first-order chi connectivity index (χ1) is 13.0. The fraction of sp³-hybridized carbons (Fsp3) is 0.300. The van der Waals surface area contributed by atoms with Gasteiger partial charge in [0.2, 0.25) is 11.8 Å². The van der Waals surface area contributed by atoms with Crippen molar-refractivity contribution in [1.82, 2.24) is 0 Å². The predicted molar refractivity (Wildman–Crippen MR) is 103 cm³/mol. The second kappa shape index (κ2) is 8.07. The van der Waals surface area contributed by atoms with Crippen molar-refractivity contribution in [1.29, 1.82) is 0 Å². The number of halogens is 1. The number of amides is 2. The van der Waals surface area contributed by atoms with E-state index < -0.39 is 5.82 Å². The van der Waals surface area contributed by atoms with Gasteiger partial charge >= 0.3 is 0 Å². The zero-order valence-corrected chi connectivity index (χ0v) is 15.3. The van der Waals surface area contributed by atoms with E-state index in [-0.39, 0.29) is 24.0 Å². The number of hydrogen-bond acceptors (Lipinski definition) is 4. The summed E-state index contributed by atoms with van der Waals surface area (Å²) in [5.41, 5.74) is 2.56. The number of nitrogens with zero attached hydrogens (tertiary/aromatic N) is 1. The minimum Gasteiger partial charge on any atom is -0.497 e. The minimum absolute atomic E-state index is 0.0497. The van der Waals surface area contributed by atoms with Crippen LogP contribution in [0.5, 0.6) is 5.75 Å². The van der Waals surface area contributed by atoms with Gasteiger partial charge in [0.05, 0.1) is 19.3 Å². The van der Waals surface area contributed by atoms with E-state index in [2.05, 4.69) is 10.6 Å². The number of methoxy groups -OCH3 is 1. The highest BCUT2D eigenvalue weighted by Crippen LogP contribution is 2.30. The summed E-state index contributed by atoms with van der Waals surface area (Å²) in [4.78, 5) is 25.6. The molecule has 142 valence electrons. The fourth-order valence-electron chi connectivity index (χ4n) is 3.17. The third kappa shape index (κ3) is 4.36. The van der Waals surface area contributed by atoms with E-state index in [1.165, 1.54) is 25.1 Å². The summed E-state index contributed by atoms with van der Waals surface area (Å²) in [6.45, 7) is 1.95. The molecule has 7 heteroatoms. The quantitative estimate of drug-likeness (QED) is 0.847. The summed E-state index contributed by atoms with van der Waals surface area (Å²) in [6.07, 6.45) is 1.75. The number of fused-ring (bicyclic) bond motifs is 1. The number of aryl methyl sites for hydroxylation is 1. The van der Waals surface area contributed by atoms with Crippen LogP contribution in [-0.4, -0.2) is 32.0 Å². The molecular formula is C20H22FN3O3. The summed E-state index contributed by atoms with van der Waals surface area (Å²) < 4.78 is 19.3. The Labute approximate surface area is 157 Å². The topological polar surface area (TPSA) is 70.7 Å². The number of carbonyl (C=O) groups excluding carboxylic acids is 2. The Hall–Kier alpha value is -3.09. The first kappa shape index (κ1) is 18.7. The average Bonchev–Trinajstić information content (AvgIpc) is 2.66. The highest BCUT2D eigenvalue weighted by Gasteiger charge is 2.23. The van der Waals surface area contributed by atoms with Crippen LogP contribution in [0, 0.1) is 5.82 Å². The average molecular weight is 371 g/mol. The Bertz CT molecular complexity index is 870. The molecule has 1 heterocycles. The molecule has 3 rings (SSSR count). The van der Waals surface area contributed by atoms with E-state index >= 15 is 0 Å². The molecule has 27 heavy (non-hydrogen) atoms. The largest absolute Gasteiger partial charge is 0.497 e. The van der Waals surface area contributed by atoms with E-state index in [0.29, 0.717) is 12.2 Å². The number of hydrogen-bond donors (Lipinski definition) is 2. The normalized spacial score (nSPS) is 12.9. The molecule has 0 atom stereocenters. The molecule has 0 aliphatic carbocycles. The van der Waals surface area contributed by atoms with Crippen LogP contribution in [-0.2, 0) is 16.0 Å². The monoisotopic (exact) mass is 371 g/mol. The van der Waals surface area contributed by atoms with E-state index in [1.807, 2.05) is 18.2 Å². The van der Waals surface area contributed by atoms with Crippen LogP contribution in [0.3, 0.4) is 0 Å². The molecule has 2 amide bonds. The summed E-state index contributed by atoms with van der Waals surface area (Å²) in [5, 5.41) is 5.43. The standard InChI is InChI=1S/C20H22FN3O3/c1-13(25)23-15-5-7-17(21)18(11-15)22-12-20(26)24-9-3-4-14-10-16(27-2)6-8-19(14)24/h5-8,10-11,22H,3-4,9,12H2,1-2H3,(H,23,25). The van der Waals surface area contributed by atoms with Gasteiger partial charge < -0.3 is 20.3 Å². The number of benzene rings is 2. The SMILES string of the molecule is COc1ccc2c(c1)CCCN2C(=O)CNc1cc(NC(C)=O)ccc1F. The van der Waals surface area contributed by atoms with Crippen molar-refractivity contribution in [2.45, 2.75) is 19.8 Å². The highest BCUT2D eigenvalue weighted by molar-refractivity contribution is 5.97.